The van der Waals surface area contributed by atoms with E-state index < -0.39 is 11.4 Å². The molecule has 3 rings (SSSR count). The van der Waals surface area contributed by atoms with E-state index in [9.17, 15) is 14.7 Å². The summed E-state index contributed by atoms with van der Waals surface area (Å²) < 4.78 is 9.34. The fourth-order valence-corrected chi connectivity index (χ4v) is 3.94. The maximum Gasteiger partial charge on any atom is 0.323 e. The molecule has 2 heterocycles. The molecule has 26 heavy (non-hydrogen) atoms. The third kappa shape index (κ3) is 4.07. The van der Waals surface area contributed by atoms with Crippen LogP contribution in [0.5, 0.6) is 5.75 Å². The molecule has 1 fully saturated rings. The number of ether oxygens (including phenoxy) is 1. The molecule has 1 unspecified atom stereocenters. The Hall–Kier alpha value is -2.33. The summed E-state index contributed by atoms with van der Waals surface area (Å²) in [6, 6.07) is 7.15. The zero-order valence-corrected chi connectivity index (χ0v) is 15.9. The molecule has 0 bridgehead atoms. The maximum atomic E-state index is 12.3. The van der Waals surface area contributed by atoms with Crippen molar-refractivity contribution >= 4 is 40.4 Å². The van der Waals surface area contributed by atoms with Crippen molar-refractivity contribution < 1.29 is 19.4 Å². The Labute approximate surface area is 158 Å². The normalized spacial score (nSPS) is 19.4. The van der Waals surface area contributed by atoms with Crippen molar-refractivity contribution in [3.63, 3.8) is 0 Å². The van der Waals surface area contributed by atoms with Gasteiger partial charge in [0.1, 0.15) is 5.75 Å². The number of likely N-dealkylation sites (tertiary alicyclic amines) is 1. The maximum absolute atomic E-state index is 12.3. The second-order valence-electron chi connectivity index (χ2n) is 6.13. The summed E-state index contributed by atoms with van der Waals surface area (Å²) in [6.45, 7) is 2.23. The number of amides is 2. The molecular formula is C16H18N4O4S2. The SMILES string of the molecule is COc1ccc(Sc2nsc(NC(=O)N3CCC(C)(C(=O)O)C3)n2)cc1. The van der Waals surface area contributed by atoms with E-state index in [0.717, 1.165) is 22.2 Å². The number of benzene rings is 1. The Morgan fingerprint density at radius 1 is 1.38 bits per heavy atom. The monoisotopic (exact) mass is 394 g/mol. The third-order valence-electron chi connectivity index (χ3n) is 4.17. The summed E-state index contributed by atoms with van der Waals surface area (Å²) in [6.07, 6.45) is 0.435. The van der Waals surface area contributed by atoms with Gasteiger partial charge in [-0.05, 0) is 49.4 Å². The Kier molecular flexibility index (Phi) is 5.33. The van der Waals surface area contributed by atoms with E-state index in [1.165, 1.54) is 16.7 Å². The van der Waals surface area contributed by atoms with Crippen LogP contribution in [0.15, 0.2) is 34.3 Å². The molecule has 0 aliphatic carbocycles. The molecule has 8 nitrogen and oxygen atoms in total. The minimum absolute atomic E-state index is 0.181. The van der Waals surface area contributed by atoms with Crippen LogP contribution in [0.4, 0.5) is 9.93 Å². The van der Waals surface area contributed by atoms with Crippen LogP contribution in [-0.4, -0.2) is 51.6 Å². The van der Waals surface area contributed by atoms with E-state index in [-0.39, 0.29) is 12.6 Å². The standard InChI is InChI=1S/C16H18N4O4S2/c1-16(12(21)22)7-8-20(9-16)15(23)18-13-17-14(19-26-13)25-11-5-3-10(24-2)4-6-11/h3-6H,7-9H2,1-2H3,(H,21,22)(H,17,18,19,23). The number of carbonyl (C=O) groups excluding carboxylic acids is 1. The summed E-state index contributed by atoms with van der Waals surface area (Å²) in [5.74, 6) is -0.116. The highest BCUT2D eigenvalue weighted by molar-refractivity contribution is 7.99. The number of aliphatic carboxylic acids is 1. The van der Waals surface area contributed by atoms with Gasteiger partial charge in [-0.25, -0.2) is 4.79 Å². The molecule has 0 spiro atoms. The first-order valence-electron chi connectivity index (χ1n) is 7.84. The fourth-order valence-electron chi connectivity index (χ4n) is 2.53. The van der Waals surface area contributed by atoms with Crippen molar-refractivity contribution in [3.8, 4) is 5.75 Å². The van der Waals surface area contributed by atoms with Crippen LogP contribution in [0.1, 0.15) is 13.3 Å². The van der Waals surface area contributed by atoms with Crippen LogP contribution >= 0.6 is 23.3 Å². The van der Waals surface area contributed by atoms with E-state index in [1.807, 2.05) is 24.3 Å². The molecule has 10 heteroatoms. The van der Waals surface area contributed by atoms with Gasteiger partial charge in [0.2, 0.25) is 10.3 Å². The number of aromatic nitrogens is 2. The number of anilines is 1. The second-order valence-corrected chi connectivity index (χ2v) is 7.92. The van der Waals surface area contributed by atoms with Gasteiger partial charge < -0.3 is 14.7 Å². The Balaban J connectivity index is 1.58. The highest BCUT2D eigenvalue weighted by atomic mass is 32.2. The molecule has 0 saturated carbocycles. The average Bonchev–Trinajstić information content (AvgIpc) is 3.23. The molecule has 1 saturated heterocycles. The lowest BCUT2D eigenvalue weighted by molar-refractivity contribution is -0.146. The molecule has 2 N–H and O–H groups in total. The Bertz CT molecular complexity index is 811. The van der Waals surface area contributed by atoms with Crippen LogP contribution in [-0.2, 0) is 4.79 Å². The van der Waals surface area contributed by atoms with E-state index >= 15 is 0 Å². The minimum atomic E-state index is -0.895. The van der Waals surface area contributed by atoms with Gasteiger partial charge in [-0.2, -0.15) is 9.36 Å². The predicted molar refractivity (Wildman–Crippen MR) is 98.0 cm³/mol. The number of rotatable bonds is 5. The number of nitrogens with one attached hydrogen (secondary N) is 1. The van der Waals surface area contributed by atoms with Crippen LogP contribution in [0.2, 0.25) is 0 Å². The van der Waals surface area contributed by atoms with Crippen LogP contribution in [0.25, 0.3) is 0 Å². The lowest BCUT2D eigenvalue weighted by Crippen LogP contribution is -2.37. The lowest BCUT2D eigenvalue weighted by atomic mass is 9.90. The summed E-state index contributed by atoms with van der Waals surface area (Å²) >= 11 is 2.47. The average molecular weight is 394 g/mol. The predicted octanol–water partition coefficient (Wildman–Crippen LogP) is 3.03. The van der Waals surface area contributed by atoms with Crippen LogP contribution in [0.3, 0.4) is 0 Å². The van der Waals surface area contributed by atoms with E-state index in [4.69, 9.17) is 4.74 Å². The second kappa shape index (κ2) is 7.50. The molecule has 1 atom stereocenters. The third-order valence-corrected chi connectivity index (χ3v) is 5.79. The molecule has 1 aliphatic heterocycles. The van der Waals surface area contributed by atoms with Crippen LogP contribution < -0.4 is 10.1 Å². The van der Waals surface area contributed by atoms with Gasteiger partial charge in [0.15, 0.2) is 0 Å². The summed E-state index contributed by atoms with van der Waals surface area (Å²) in [5.41, 5.74) is -0.895. The summed E-state index contributed by atoms with van der Waals surface area (Å²) in [7, 11) is 1.61. The number of methoxy groups -OCH3 is 1. The van der Waals surface area contributed by atoms with E-state index in [0.29, 0.717) is 23.3 Å². The lowest BCUT2D eigenvalue weighted by Gasteiger charge is -2.19. The first-order valence-corrected chi connectivity index (χ1v) is 9.43. The molecule has 2 aromatic rings. The summed E-state index contributed by atoms with van der Waals surface area (Å²) in [4.78, 5) is 30.3. The molecular weight excluding hydrogens is 376 g/mol. The van der Waals surface area contributed by atoms with Crippen molar-refractivity contribution in [1.29, 1.82) is 0 Å². The molecule has 1 aliphatic rings. The Morgan fingerprint density at radius 2 is 2.12 bits per heavy atom. The van der Waals surface area contributed by atoms with Gasteiger partial charge in [0, 0.05) is 29.5 Å². The van der Waals surface area contributed by atoms with E-state index in [1.54, 1.807) is 14.0 Å². The molecule has 138 valence electrons. The number of hydrogen-bond acceptors (Lipinski definition) is 7. The number of carbonyl (C=O) groups is 2. The van der Waals surface area contributed by atoms with Gasteiger partial charge >= 0.3 is 12.0 Å². The van der Waals surface area contributed by atoms with Gasteiger partial charge in [-0.15, -0.1) is 0 Å². The largest absolute Gasteiger partial charge is 0.497 e. The van der Waals surface area contributed by atoms with Crippen molar-refractivity contribution in [2.45, 2.75) is 23.4 Å². The number of hydrogen-bond donors (Lipinski definition) is 2. The van der Waals surface area contributed by atoms with Crippen molar-refractivity contribution in [2.75, 3.05) is 25.5 Å². The molecule has 1 aromatic heterocycles. The smallest absolute Gasteiger partial charge is 0.323 e. The molecule has 0 radical (unpaired) electrons. The first-order chi connectivity index (χ1) is 12.4. The highest BCUT2D eigenvalue weighted by Gasteiger charge is 2.42. The topological polar surface area (TPSA) is 105 Å². The quantitative estimate of drug-likeness (QED) is 0.803. The van der Waals surface area contributed by atoms with Crippen molar-refractivity contribution in [2.24, 2.45) is 5.41 Å². The highest BCUT2D eigenvalue weighted by Crippen LogP contribution is 2.31. The molecule has 2 amide bonds. The summed E-state index contributed by atoms with van der Waals surface area (Å²) in [5, 5.41) is 12.9. The van der Waals surface area contributed by atoms with Crippen molar-refractivity contribution in [1.82, 2.24) is 14.3 Å². The first kappa shape index (κ1) is 18.5. The number of nitrogens with zero attached hydrogens (tertiary/aromatic N) is 3. The minimum Gasteiger partial charge on any atom is -0.497 e. The van der Waals surface area contributed by atoms with E-state index in [2.05, 4.69) is 14.7 Å². The molecule has 1 aromatic carbocycles. The van der Waals surface area contributed by atoms with Gasteiger partial charge in [-0.3, -0.25) is 10.1 Å². The number of carboxylic acid groups (broad SMARTS) is 1. The van der Waals surface area contributed by atoms with Gasteiger partial charge in [0.25, 0.3) is 0 Å². The number of urea groups is 1. The fraction of sp³-hybridized carbons (Fsp3) is 0.375. The zero-order valence-electron chi connectivity index (χ0n) is 14.3. The van der Waals surface area contributed by atoms with Crippen LogP contribution in [0, 0.1) is 5.41 Å². The van der Waals surface area contributed by atoms with Crippen molar-refractivity contribution in [3.05, 3.63) is 24.3 Å². The van der Waals surface area contributed by atoms with Gasteiger partial charge in [0.05, 0.1) is 12.5 Å². The number of carboxylic acids is 1. The Morgan fingerprint density at radius 3 is 2.73 bits per heavy atom. The van der Waals surface area contributed by atoms with Gasteiger partial charge in [-0.1, -0.05) is 0 Å². The zero-order chi connectivity index (χ0) is 18.7.